The van der Waals surface area contributed by atoms with Crippen molar-refractivity contribution in [3.63, 3.8) is 0 Å². The molecule has 2 rings (SSSR count). The highest BCUT2D eigenvalue weighted by molar-refractivity contribution is 9.10. The van der Waals surface area contributed by atoms with E-state index < -0.39 is 0 Å². The van der Waals surface area contributed by atoms with Crippen LogP contribution in [-0.2, 0) is 11.2 Å². The molecular weight excluding hydrogens is 342 g/mol. The van der Waals surface area contributed by atoms with Gasteiger partial charge in [0.25, 0.3) is 5.91 Å². The summed E-state index contributed by atoms with van der Waals surface area (Å²) < 4.78 is 6.35. The minimum atomic E-state index is -0.101. The van der Waals surface area contributed by atoms with Gasteiger partial charge in [-0.2, -0.15) is 0 Å². The smallest absolute Gasteiger partial charge is 0.258 e. The van der Waals surface area contributed by atoms with Crippen LogP contribution < -0.4 is 10.1 Å². The van der Waals surface area contributed by atoms with Crippen LogP contribution in [0.2, 0.25) is 0 Å². The first-order valence-electron chi connectivity index (χ1n) is 7.36. The Balaban J connectivity index is 1.71. The van der Waals surface area contributed by atoms with Gasteiger partial charge >= 0.3 is 0 Å². The van der Waals surface area contributed by atoms with Gasteiger partial charge in [-0.3, -0.25) is 4.79 Å². The number of benzene rings is 2. The molecule has 0 spiro atoms. The summed E-state index contributed by atoms with van der Waals surface area (Å²) in [6, 6.07) is 17.9. The third-order valence-electron chi connectivity index (χ3n) is 3.31. The van der Waals surface area contributed by atoms with E-state index in [2.05, 4.69) is 33.4 Å². The normalized spacial score (nSPS) is 11.7. The third kappa shape index (κ3) is 5.53. The lowest BCUT2D eigenvalue weighted by molar-refractivity contribution is -0.123. The van der Waals surface area contributed by atoms with Crippen LogP contribution >= 0.6 is 15.9 Å². The fourth-order valence-electron chi connectivity index (χ4n) is 2.12. The van der Waals surface area contributed by atoms with Crippen molar-refractivity contribution >= 4 is 21.8 Å². The fourth-order valence-corrected chi connectivity index (χ4v) is 2.52. The van der Waals surface area contributed by atoms with E-state index in [1.807, 2.05) is 49.4 Å². The van der Waals surface area contributed by atoms with Gasteiger partial charge in [0.05, 0.1) is 4.47 Å². The maximum Gasteiger partial charge on any atom is 0.258 e. The summed E-state index contributed by atoms with van der Waals surface area (Å²) in [4.78, 5) is 11.9. The molecule has 0 saturated carbocycles. The maximum absolute atomic E-state index is 11.9. The summed E-state index contributed by atoms with van der Waals surface area (Å²) in [5.41, 5.74) is 1.29. The first-order valence-corrected chi connectivity index (χ1v) is 8.15. The van der Waals surface area contributed by atoms with Crippen molar-refractivity contribution in [2.24, 2.45) is 0 Å². The zero-order valence-electron chi connectivity index (χ0n) is 12.6. The average Bonchev–Trinajstić information content (AvgIpc) is 2.53. The molecule has 1 atom stereocenters. The molecular formula is C18H20BrNO2. The molecule has 0 aromatic heterocycles. The zero-order valence-corrected chi connectivity index (χ0v) is 14.2. The van der Waals surface area contributed by atoms with Gasteiger partial charge in [0, 0.05) is 6.04 Å². The molecule has 3 nitrogen and oxygen atoms in total. The van der Waals surface area contributed by atoms with Crippen LogP contribution in [0, 0.1) is 0 Å². The molecule has 0 fully saturated rings. The summed E-state index contributed by atoms with van der Waals surface area (Å²) in [6.45, 7) is 2.04. The van der Waals surface area contributed by atoms with E-state index in [0.717, 1.165) is 17.3 Å². The van der Waals surface area contributed by atoms with E-state index in [1.165, 1.54) is 5.56 Å². The Labute approximate surface area is 139 Å². The van der Waals surface area contributed by atoms with Crippen molar-refractivity contribution in [1.29, 1.82) is 0 Å². The van der Waals surface area contributed by atoms with Crippen LogP contribution in [0.25, 0.3) is 0 Å². The molecule has 0 unspecified atom stereocenters. The number of hydrogen-bond donors (Lipinski definition) is 1. The van der Waals surface area contributed by atoms with E-state index in [0.29, 0.717) is 5.75 Å². The number of nitrogens with one attached hydrogen (secondary N) is 1. The topological polar surface area (TPSA) is 38.3 Å². The van der Waals surface area contributed by atoms with E-state index in [4.69, 9.17) is 4.74 Å². The summed E-state index contributed by atoms with van der Waals surface area (Å²) in [5, 5.41) is 2.96. The van der Waals surface area contributed by atoms with Gasteiger partial charge in [0.15, 0.2) is 6.61 Å². The molecule has 0 radical (unpaired) electrons. The summed E-state index contributed by atoms with van der Waals surface area (Å²) in [5.74, 6) is 0.575. The second kappa shape index (κ2) is 8.59. The van der Waals surface area contributed by atoms with Gasteiger partial charge in [-0.15, -0.1) is 0 Å². The van der Waals surface area contributed by atoms with E-state index >= 15 is 0 Å². The van der Waals surface area contributed by atoms with Gasteiger partial charge in [0.2, 0.25) is 0 Å². The monoisotopic (exact) mass is 361 g/mol. The summed E-state index contributed by atoms with van der Waals surface area (Å²) in [6.07, 6.45) is 1.86. The molecule has 0 aliphatic heterocycles. The third-order valence-corrected chi connectivity index (χ3v) is 3.97. The molecule has 0 saturated heterocycles. The molecule has 22 heavy (non-hydrogen) atoms. The quantitative estimate of drug-likeness (QED) is 0.810. The van der Waals surface area contributed by atoms with Crippen molar-refractivity contribution in [2.75, 3.05) is 6.61 Å². The lowest BCUT2D eigenvalue weighted by Crippen LogP contribution is -2.36. The van der Waals surface area contributed by atoms with E-state index in [-0.39, 0.29) is 18.6 Å². The number of ether oxygens (including phenoxy) is 1. The second-order valence-electron chi connectivity index (χ2n) is 5.21. The molecule has 0 aliphatic carbocycles. The highest BCUT2D eigenvalue weighted by Gasteiger charge is 2.09. The van der Waals surface area contributed by atoms with Crippen LogP contribution in [0.3, 0.4) is 0 Å². The first kappa shape index (κ1) is 16.6. The summed E-state index contributed by atoms with van der Waals surface area (Å²) >= 11 is 3.39. The Kier molecular flexibility index (Phi) is 6.46. The predicted octanol–water partition coefficient (Wildman–Crippen LogP) is 3.97. The molecule has 0 heterocycles. The van der Waals surface area contributed by atoms with Gasteiger partial charge in [-0.1, -0.05) is 42.5 Å². The zero-order chi connectivity index (χ0) is 15.8. The Morgan fingerprint density at radius 1 is 1.14 bits per heavy atom. The van der Waals surface area contributed by atoms with Gasteiger partial charge < -0.3 is 10.1 Å². The van der Waals surface area contributed by atoms with Crippen LogP contribution in [0.4, 0.5) is 0 Å². The second-order valence-corrected chi connectivity index (χ2v) is 6.07. The van der Waals surface area contributed by atoms with Crippen LogP contribution in [0.15, 0.2) is 59.1 Å². The molecule has 0 aliphatic rings. The predicted molar refractivity (Wildman–Crippen MR) is 92.0 cm³/mol. The molecule has 4 heteroatoms. The highest BCUT2D eigenvalue weighted by atomic mass is 79.9. The number of aryl methyl sites for hydroxylation is 1. The number of hydrogen-bond acceptors (Lipinski definition) is 2. The number of carbonyl (C=O) groups is 1. The molecule has 1 amide bonds. The van der Waals surface area contributed by atoms with Crippen LogP contribution in [-0.4, -0.2) is 18.6 Å². The largest absolute Gasteiger partial charge is 0.483 e. The van der Waals surface area contributed by atoms with E-state index in [1.54, 1.807) is 0 Å². The Bertz CT molecular complexity index is 601. The highest BCUT2D eigenvalue weighted by Crippen LogP contribution is 2.23. The standard InChI is InChI=1S/C18H20BrNO2/c1-14(11-12-15-7-3-2-4-8-15)20-18(21)13-22-17-10-6-5-9-16(17)19/h2-10,14H,11-13H2,1H3,(H,20,21)/t14-/m0/s1. The number of carbonyl (C=O) groups excluding carboxylic acids is 1. The Hall–Kier alpha value is -1.81. The van der Waals surface area contributed by atoms with Crippen LogP contribution in [0.5, 0.6) is 5.75 Å². The molecule has 2 aromatic carbocycles. The summed E-state index contributed by atoms with van der Waals surface area (Å²) in [7, 11) is 0. The van der Waals surface area contributed by atoms with Crippen molar-refractivity contribution in [3.05, 3.63) is 64.6 Å². The number of rotatable bonds is 7. The lowest BCUT2D eigenvalue weighted by Gasteiger charge is -2.14. The molecule has 2 aromatic rings. The van der Waals surface area contributed by atoms with Gasteiger partial charge in [-0.05, 0) is 53.4 Å². The minimum Gasteiger partial charge on any atom is -0.483 e. The molecule has 1 N–H and O–H groups in total. The van der Waals surface area contributed by atoms with Crippen LogP contribution in [0.1, 0.15) is 18.9 Å². The van der Waals surface area contributed by atoms with Crippen molar-refractivity contribution in [1.82, 2.24) is 5.32 Å². The SMILES string of the molecule is C[C@@H](CCc1ccccc1)NC(=O)COc1ccccc1Br. The minimum absolute atomic E-state index is 0.0261. The first-order chi connectivity index (χ1) is 10.6. The van der Waals surface area contributed by atoms with E-state index in [9.17, 15) is 4.79 Å². The van der Waals surface area contributed by atoms with Gasteiger partial charge in [-0.25, -0.2) is 0 Å². The lowest BCUT2D eigenvalue weighted by atomic mass is 10.1. The Morgan fingerprint density at radius 2 is 1.82 bits per heavy atom. The van der Waals surface area contributed by atoms with Gasteiger partial charge in [0.1, 0.15) is 5.75 Å². The fraction of sp³-hybridized carbons (Fsp3) is 0.278. The molecule has 0 bridgehead atoms. The average molecular weight is 362 g/mol. The molecule has 116 valence electrons. The van der Waals surface area contributed by atoms with Crippen molar-refractivity contribution < 1.29 is 9.53 Å². The van der Waals surface area contributed by atoms with Crippen molar-refractivity contribution in [3.8, 4) is 5.75 Å². The van der Waals surface area contributed by atoms with Crippen molar-refractivity contribution in [2.45, 2.75) is 25.8 Å². The number of halogens is 1. The number of para-hydroxylation sites is 1. The number of amides is 1. The Morgan fingerprint density at radius 3 is 2.55 bits per heavy atom. The maximum atomic E-state index is 11.9.